The van der Waals surface area contributed by atoms with Crippen LogP contribution in [0.15, 0.2) is 48.9 Å². The highest BCUT2D eigenvalue weighted by Crippen LogP contribution is 2.42. The molecule has 4 aromatic rings. The highest BCUT2D eigenvalue weighted by atomic mass is 19.4. The van der Waals surface area contributed by atoms with Gasteiger partial charge < -0.3 is 13.9 Å². The molecule has 0 aliphatic heterocycles. The van der Waals surface area contributed by atoms with Gasteiger partial charge in [0.05, 0.1) is 18.7 Å². The summed E-state index contributed by atoms with van der Waals surface area (Å²) in [5.41, 5.74) is 0.868. The number of aryl methyl sites for hydroxylation is 3. The van der Waals surface area contributed by atoms with Crippen LogP contribution in [0.2, 0.25) is 0 Å². The van der Waals surface area contributed by atoms with E-state index >= 15 is 0 Å². The minimum absolute atomic E-state index is 0.0232. The van der Waals surface area contributed by atoms with Crippen molar-refractivity contribution in [3.63, 3.8) is 0 Å². The van der Waals surface area contributed by atoms with Crippen LogP contribution >= 0.6 is 0 Å². The Kier molecular flexibility index (Phi) is 8.04. The fraction of sp³-hybridized carbons (Fsp3) is 0.345. The van der Waals surface area contributed by atoms with E-state index in [1.54, 1.807) is 66.7 Å². The van der Waals surface area contributed by atoms with Crippen LogP contribution in [0.3, 0.4) is 0 Å². The Balaban J connectivity index is 1.87. The largest absolute Gasteiger partial charge is 0.492 e. The van der Waals surface area contributed by atoms with Crippen molar-refractivity contribution >= 4 is 5.78 Å². The van der Waals surface area contributed by atoms with Gasteiger partial charge in [0, 0.05) is 50.2 Å². The number of hydrogen-bond acceptors (Lipinski definition) is 4. The molecular weight excluding hydrogens is 526 g/mol. The van der Waals surface area contributed by atoms with Crippen molar-refractivity contribution in [1.82, 2.24) is 18.9 Å². The normalized spacial score (nSPS) is 12.5. The summed E-state index contributed by atoms with van der Waals surface area (Å²) in [7, 11) is 3.11. The van der Waals surface area contributed by atoms with Gasteiger partial charge in [-0.05, 0) is 54.7 Å². The Morgan fingerprint density at radius 1 is 1.12 bits per heavy atom. The van der Waals surface area contributed by atoms with Gasteiger partial charge in [0.25, 0.3) is 0 Å². The van der Waals surface area contributed by atoms with Gasteiger partial charge in [-0.25, -0.2) is 4.39 Å². The second kappa shape index (κ2) is 11.1. The zero-order valence-corrected chi connectivity index (χ0v) is 22.9. The van der Waals surface area contributed by atoms with Gasteiger partial charge >= 0.3 is 6.18 Å². The van der Waals surface area contributed by atoms with Gasteiger partial charge in [-0.2, -0.15) is 18.3 Å². The molecule has 0 aliphatic carbocycles. The smallest absolute Gasteiger partial charge is 0.435 e. The number of ketones is 1. The molecule has 2 aromatic carbocycles. The fourth-order valence-corrected chi connectivity index (χ4v) is 4.71. The molecule has 40 heavy (non-hydrogen) atoms. The number of imidazole rings is 1. The number of ether oxygens (including phenoxy) is 1. The number of carbonyl (C=O) groups excluding carboxylic acids is 1. The highest BCUT2D eigenvalue weighted by Gasteiger charge is 2.38. The molecule has 0 radical (unpaired) electrons. The summed E-state index contributed by atoms with van der Waals surface area (Å²) >= 11 is 0. The molecule has 0 saturated heterocycles. The van der Waals surface area contributed by atoms with Crippen molar-refractivity contribution < 1.29 is 27.1 Å². The molecule has 0 saturated carbocycles. The lowest BCUT2D eigenvalue weighted by atomic mass is 9.89. The van der Waals surface area contributed by atoms with Crippen molar-refractivity contribution in [3.05, 3.63) is 88.3 Å². The molecule has 0 spiro atoms. The maximum Gasteiger partial charge on any atom is 0.435 e. The zero-order valence-electron chi connectivity index (χ0n) is 22.9. The van der Waals surface area contributed by atoms with Crippen molar-refractivity contribution in [2.45, 2.75) is 45.8 Å². The third-order valence-corrected chi connectivity index (χ3v) is 6.80. The monoisotopic (exact) mass is 557 g/mol. The molecule has 4 rings (SSSR count). The van der Waals surface area contributed by atoms with Gasteiger partial charge in [0.2, 0.25) is 5.62 Å². The second-order valence-electron chi connectivity index (χ2n) is 9.91. The van der Waals surface area contributed by atoms with E-state index in [1.165, 1.54) is 19.3 Å². The SMILES string of the molecule is CCOc1c(C(=O)C[C@@H](C)c2ccc(F)c(C)c2)cc(Cn2ccn(C)c2=N)cc1-c1cn(C)nc1C(F)(F)F. The van der Waals surface area contributed by atoms with E-state index < -0.39 is 11.9 Å². The topological polar surface area (TPSA) is 77.8 Å². The van der Waals surface area contributed by atoms with E-state index in [4.69, 9.17) is 10.1 Å². The number of aromatic nitrogens is 4. The first kappa shape index (κ1) is 28.8. The van der Waals surface area contributed by atoms with Gasteiger partial charge in [-0.15, -0.1) is 0 Å². The Hall–Kier alpha value is -4.15. The number of benzene rings is 2. The van der Waals surface area contributed by atoms with Crippen molar-refractivity contribution in [3.8, 4) is 16.9 Å². The van der Waals surface area contributed by atoms with Crippen LogP contribution in [0.1, 0.15) is 58.9 Å². The minimum Gasteiger partial charge on any atom is -0.492 e. The average Bonchev–Trinajstić information content (AvgIpc) is 3.43. The van der Waals surface area contributed by atoms with Crippen molar-refractivity contribution in [1.29, 1.82) is 5.41 Å². The first-order valence-electron chi connectivity index (χ1n) is 12.8. The number of nitrogens with zero attached hydrogens (tertiary/aromatic N) is 4. The minimum atomic E-state index is -4.74. The summed E-state index contributed by atoms with van der Waals surface area (Å²) < 4.78 is 66.0. The van der Waals surface area contributed by atoms with Crippen molar-refractivity contribution in [2.75, 3.05) is 6.61 Å². The maximum atomic E-state index is 14.0. The number of halogens is 4. The zero-order chi connectivity index (χ0) is 29.4. The number of hydrogen-bond donors (Lipinski definition) is 1. The van der Waals surface area contributed by atoms with Crippen molar-refractivity contribution in [2.24, 2.45) is 14.1 Å². The summed E-state index contributed by atoms with van der Waals surface area (Å²) in [4.78, 5) is 13.8. The fourth-order valence-electron chi connectivity index (χ4n) is 4.71. The molecule has 2 heterocycles. The summed E-state index contributed by atoms with van der Waals surface area (Å²) in [6, 6.07) is 7.83. The Labute approximate surface area is 229 Å². The lowest BCUT2D eigenvalue weighted by Gasteiger charge is -2.19. The van der Waals surface area contributed by atoms with Gasteiger partial charge in [0.1, 0.15) is 11.6 Å². The standard InChI is InChI=1S/C29H31F4N5O2/c1-6-40-26-21(23-16-37(5)35-27(23)29(31,32)33)13-19(15-38-10-9-36(4)28(38)34)14-22(26)25(39)12-17(2)20-7-8-24(30)18(3)11-20/h7-11,13-14,16-17,34H,6,12,15H2,1-5H3/t17-/m1/s1. The number of alkyl halides is 3. The first-order chi connectivity index (χ1) is 18.8. The third-order valence-electron chi connectivity index (χ3n) is 6.80. The maximum absolute atomic E-state index is 14.0. The summed E-state index contributed by atoms with van der Waals surface area (Å²) in [6.07, 6.45) is -0.0788. The number of carbonyl (C=O) groups is 1. The summed E-state index contributed by atoms with van der Waals surface area (Å²) in [5, 5.41) is 11.9. The summed E-state index contributed by atoms with van der Waals surface area (Å²) in [5.74, 6) is -0.924. The molecule has 212 valence electrons. The molecule has 0 aliphatic rings. The van der Waals surface area contributed by atoms with Crippen LogP contribution < -0.4 is 10.4 Å². The highest BCUT2D eigenvalue weighted by molar-refractivity contribution is 6.01. The van der Waals surface area contributed by atoms with E-state index in [-0.39, 0.29) is 65.1 Å². The second-order valence-corrected chi connectivity index (χ2v) is 9.91. The number of Topliss-reactive ketones (excluding diaryl/α,β-unsaturated/α-hetero) is 1. The third kappa shape index (κ3) is 5.88. The average molecular weight is 558 g/mol. The molecule has 0 fully saturated rings. The molecule has 1 atom stereocenters. The Morgan fingerprint density at radius 2 is 1.85 bits per heavy atom. The van der Waals surface area contributed by atoms with E-state index in [0.29, 0.717) is 11.1 Å². The van der Waals surface area contributed by atoms with E-state index in [1.807, 2.05) is 6.92 Å². The first-order valence-corrected chi connectivity index (χ1v) is 12.8. The number of nitrogens with one attached hydrogen (secondary N) is 1. The number of rotatable bonds is 9. The van der Waals surface area contributed by atoms with Crippen LogP contribution in [0.25, 0.3) is 11.1 Å². The molecule has 0 bridgehead atoms. The lowest BCUT2D eigenvalue weighted by Crippen LogP contribution is -2.22. The molecule has 7 nitrogen and oxygen atoms in total. The quantitative estimate of drug-likeness (QED) is 0.203. The van der Waals surface area contributed by atoms with Gasteiger partial charge in [-0.1, -0.05) is 19.1 Å². The van der Waals surface area contributed by atoms with E-state index in [9.17, 15) is 22.4 Å². The van der Waals surface area contributed by atoms with Crippen LogP contribution in [0, 0.1) is 18.2 Å². The van der Waals surface area contributed by atoms with E-state index in [2.05, 4.69) is 5.10 Å². The van der Waals surface area contributed by atoms with Crippen LogP contribution in [0.5, 0.6) is 5.75 Å². The van der Waals surface area contributed by atoms with Gasteiger partial charge in [0.15, 0.2) is 11.5 Å². The Morgan fingerprint density at radius 3 is 2.45 bits per heavy atom. The Bertz CT molecular complexity index is 1610. The molecular formula is C29H31F4N5O2. The van der Waals surface area contributed by atoms with Crippen LogP contribution in [-0.4, -0.2) is 31.3 Å². The molecule has 0 unspecified atom stereocenters. The predicted octanol–water partition coefficient (Wildman–Crippen LogP) is 6.00. The molecule has 11 heteroatoms. The van der Waals surface area contributed by atoms with Crippen LogP contribution in [-0.2, 0) is 26.8 Å². The molecule has 2 aromatic heterocycles. The van der Waals surface area contributed by atoms with E-state index in [0.717, 1.165) is 10.2 Å². The lowest BCUT2D eigenvalue weighted by molar-refractivity contribution is -0.140. The van der Waals surface area contributed by atoms with Gasteiger partial charge in [-0.3, -0.25) is 14.9 Å². The predicted molar refractivity (Wildman–Crippen MR) is 142 cm³/mol. The van der Waals surface area contributed by atoms with Crippen LogP contribution in [0.4, 0.5) is 17.6 Å². The summed E-state index contributed by atoms with van der Waals surface area (Å²) in [6.45, 7) is 5.43. The molecule has 0 amide bonds. The molecule has 1 N–H and O–H groups in total.